The van der Waals surface area contributed by atoms with E-state index in [9.17, 15) is 4.79 Å². The van der Waals surface area contributed by atoms with Crippen molar-refractivity contribution in [1.29, 1.82) is 0 Å². The van der Waals surface area contributed by atoms with Gasteiger partial charge in [-0.1, -0.05) is 0 Å². The number of nitrogens with one attached hydrogen (secondary N) is 2. The minimum absolute atomic E-state index is 0.0280. The average Bonchev–Trinajstić information content (AvgIpc) is 3.15. The van der Waals surface area contributed by atoms with Gasteiger partial charge in [-0.25, -0.2) is 4.79 Å². The second-order valence-corrected chi connectivity index (χ2v) is 5.98. The van der Waals surface area contributed by atoms with Crippen LogP contribution >= 0.6 is 0 Å². The molecule has 1 aromatic rings. The molecule has 2 aliphatic heterocycles. The van der Waals surface area contributed by atoms with Crippen molar-refractivity contribution < 1.29 is 9.53 Å². The van der Waals surface area contributed by atoms with Crippen molar-refractivity contribution in [2.24, 2.45) is 5.92 Å². The standard InChI is InChI=1S/C15H25N5O2/c21-15-17-6-8-19(15)9-10-20-7-4-14(18-20)16-5-3-13-2-1-11-22-12-13/h4,7,13H,1-3,5-6,8-12H2,(H,16,18)(H,17,21). The molecular weight excluding hydrogens is 282 g/mol. The van der Waals surface area contributed by atoms with Gasteiger partial charge in [-0.2, -0.15) is 5.10 Å². The number of amides is 2. The number of carbonyl (C=O) groups excluding carboxylic acids is 1. The molecule has 0 aliphatic carbocycles. The van der Waals surface area contributed by atoms with E-state index in [2.05, 4.69) is 15.7 Å². The predicted molar refractivity (Wildman–Crippen MR) is 83.8 cm³/mol. The second-order valence-electron chi connectivity index (χ2n) is 5.98. The van der Waals surface area contributed by atoms with Crippen LogP contribution in [0.1, 0.15) is 19.3 Å². The van der Waals surface area contributed by atoms with E-state index in [4.69, 9.17) is 4.74 Å². The van der Waals surface area contributed by atoms with Gasteiger partial charge in [-0.3, -0.25) is 4.68 Å². The van der Waals surface area contributed by atoms with Crippen LogP contribution in [-0.2, 0) is 11.3 Å². The van der Waals surface area contributed by atoms with Gasteiger partial charge in [0, 0.05) is 51.7 Å². The van der Waals surface area contributed by atoms with Gasteiger partial charge in [0.05, 0.1) is 6.54 Å². The van der Waals surface area contributed by atoms with Gasteiger partial charge in [-0.15, -0.1) is 0 Å². The molecule has 0 saturated carbocycles. The molecule has 1 unspecified atom stereocenters. The molecule has 3 rings (SSSR count). The number of ether oxygens (including phenoxy) is 1. The lowest BCUT2D eigenvalue weighted by Crippen LogP contribution is -2.31. The maximum atomic E-state index is 11.5. The third-order valence-corrected chi connectivity index (χ3v) is 4.30. The first-order valence-corrected chi connectivity index (χ1v) is 8.19. The minimum atomic E-state index is 0.0280. The molecule has 0 radical (unpaired) electrons. The van der Waals surface area contributed by atoms with E-state index in [1.807, 2.05) is 21.8 Å². The molecule has 122 valence electrons. The van der Waals surface area contributed by atoms with Crippen molar-refractivity contribution in [3.63, 3.8) is 0 Å². The molecule has 1 aromatic heterocycles. The Kier molecular flexibility index (Phi) is 5.15. The molecule has 2 aliphatic rings. The molecule has 3 heterocycles. The molecule has 0 aromatic carbocycles. The van der Waals surface area contributed by atoms with Crippen LogP contribution in [0.15, 0.2) is 12.3 Å². The SMILES string of the molecule is O=C1NCCN1CCn1ccc(NCCC2CCCOC2)n1. The quantitative estimate of drug-likeness (QED) is 0.792. The van der Waals surface area contributed by atoms with Gasteiger partial charge >= 0.3 is 6.03 Å². The largest absolute Gasteiger partial charge is 0.381 e. The molecule has 2 N–H and O–H groups in total. The normalized spacial score (nSPS) is 21.9. The van der Waals surface area contributed by atoms with E-state index < -0.39 is 0 Å². The molecular formula is C15H25N5O2. The third kappa shape index (κ3) is 4.13. The van der Waals surface area contributed by atoms with Crippen molar-refractivity contribution in [2.45, 2.75) is 25.8 Å². The number of aromatic nitrogens is 2. The summed E-state index contributed by atoms with van der Waals surface area (Å²) < 4.78 is 7.38. The highest BCUT2D eigenvalue weighted by molar-refractivity contribution is 5.76. The zero-order valence-electron chi connectivity index (χ0n) is 13.0. The maximum Gasteiger partial charge on any atom is 0.317 e. The Labute approximate surface area is 131 Å². The second kappa shape index (κ2) is 7.49. The zero-order chi connectivity index (χ0) is 15.2. The lowest BCUT2D eigenvalue weighted by molar-refractivity contribution is 0.0530. The van der Waals surface area contributed by atoms with E-state index in [1.54, 1.807) is 0 Å². The van der Waals surface area contributed by atoms with Crippen LogP contribution in [0.3, 0.4) is 0 Å². The topological polar surface area (TPSA) is 71.4 Å². The summed E-state index contributed by atoms with van der Waals surface area (Å²) >= 11 is 0. The highest BCUT2D eigenvalue weighted by Crippen LogP contribution is 2.17. The number of rotatable bonds is 7. The molecule has 1 atom stereocenters. The number of hydrogen-bond acceptors (Lipinski definition) is 4. The van der Waals surface area contributed by atoms with Crippen LogP contribution in [0.2, 0.25) is 0 Å². The first kappa shape index (κ1) is 15.1. The van der Waals surface area contributed by atoms with Gasteiger partial charge in [0.1, 0.15) is 5.82 Å². The molecule has 0 spiro atoms. The summed E-state index contributed by atoms with van der Waals surface area (Å²) in [6.45, 7) is 5.71. The first-order valence-electron chi connectivity index (χ1n) is 8.19. The maximum absolute atomic E-state index is 11.5. The smallest absolute Gasteiger partial charge is 0.317 e. The summed E-state index contributed by atoms with van der Waals surface area (Å²) in [5.74, 6) is 1.58. The van der Waals surface area contributed by atoms with Crippen LogP contribution in [0.4, 0.5) is 10.6 Å². The number of urea groups is 1. The Morgan fingerprint density at radius 2 is 2.41 bits per heavy atom. The van der Waals surface area contributed by atoms with Gasteiger partial charge in [-0.05, 0) is 25.2 Å². The van der Waals surface area contributed by atoms with E-state index in [0.29, 0.717) is 12.5 Å². The molecule has 2 fully saturated rings. The van der Waals surface area contributed by atoms with Gasteiger partial charge < -0.3 is 20.3 Å². The number of hydrogen-bond donors (Lipinski definition) is 2. The fourth-order valence-electron chi connectivity index (χ4n) is 2.97. The number of anilines is 1. The minimum Gasteiger partial charge on any atom is -0.381 e. The Hall–Kier alpha value is -1.76. The van der Waals surface area contributed by atoms with Crippen LogP contribution in [0.25, 0.3) is 0 Å². The summed E-state index contributed by atoms with van der Waals surface area (Å²) in [4.78, 5) is 13.3. The Bertz CT molecular complexity index is 484. The van der Waals surface area contributed by atoms with Gasteiger partial charge in [0.15, 0.2) is 0 Å². The highest BCUT2D eigenvalue weighted by atomic mass is 16.5. The Morgan fingerprint density at radius 1 is 1.45 bits per heavy atom. The van der Waals surface area contributed by atoms with E-state index in [0.717, 1.165) is 51.6 Å². The summed E-state index contributed by atoms with van der Waals surface area (Å²) in [5.41, 5.74) is 0. The van der Waals surface area contributed by atoms with Crippen LogP contribution in [-0.4, -0.2) is 60.1 Å². The lowest BCUT2D eigenvalue weighted by Gasteiger charge is -2.21. The average molecular weight is 307 g/mol. The van der Waals surface area contributed by atoms with Crippen molar-refractivity contribution in [1.82, 2.24) is 20.0 Å². The fraction of sp³-hybridized carbons (Fsp3) is 0.733. The molecule has 2 amide bonds. The molecule has 7 nitrogen and oxygen atoms in total. The summed E-state index contributed by atoms with van der Waals surface area (Å²) in [7, 11) is 0. The first-order chi connectivity index (χ1) is 10.8. The van der Waals surface area contributed by atoms with E-state index in [1.165, 1.54) is 12.8 Å². The van der Waals surface area contributed by atoms with Crippen LogP contribution < -0.4 is 10.6 Å². The van der Waals surface area contributed by atoms with Crippen molar-refractivity contribution in [2.75, 3.05) is 44.7 Å². The molecule has 22 heavy (non-hydrogen) atoms. The van der Waals surface area contributed by atoms with Crippen LogP contribution in [0.5, 0.6) is 0 Å². The van der Waals surface area contributed by atoms with Crippen LogP contribution in [0, 0.1) is 5.92 Å². The summed E-state index contributed by atoms with van der Waals surface area (Å²) in [6, 6.07) is 2.02. The van der Waals surface area contributed by atoms with E-state index in [-0.39, 0.29) is 6.03 Å². The summed E-state index contributed by atoms with van der Waals surface area (Å²) in [5, 5.41) is 10.7. The fourth-order valence-corrected chi connectivity index (χ4v) is 2.97. The van der Waals surface area contributed by atoms with Crippen molar-refractivity contribution in [3.8, 4) is 0 Å². The summed E-state index contributed by atoms with van der Waals surface area (Å²) in [6.07, 6.45) is 5.54. The monoisotopic (exact) mass is 307 g/mol. The number of nitrogens with zero attached hydrogens (tertiary/aromatic N) is 3. The molecule has 2 saturated heterocycles. The predicted octanol–water partition coefficient (Wildman–Crippen LogP) is 1.14. The van der Waals surface area contributed by atoms with Crippen molar-refractivity contribution in [3.05, 3.63) is 12.3 Å². The zero-order valence-corrected chi connectivity index (χ0v) is 13.0. The number of carbonyl (C=O) groups is 1. The van der Waals surface area contributed by atoms with Crippen molar-refractivity contribution >= 4 is 11.8 Å². The highest BCUT2D eigenvalue weighted by Gasteiger charge is 2.18. The lowest BCUT2D eigenvalue weighted by atomic mass is 9.99. The Balaban J connectivity index is 1.36. The molecule has 0 bridgehead atoms. The Morgan fingerprint density at radius 3 is 3.18 bits per heavy atom. The van der Waals surface area contributed by atoms with Gasteiger partial charge in [0.2, 0.25) is 0 Å². The molecule has 7 heteroatoms. The third-order valence-electron chi connectivity index (χ3n) is 4.30. The van der Waals surface area contributed by atoms with Gasteiger partial charge in [0.25, 0.3) is 0 Å². The van der Waals surface area contributed by atoms with E-state index >= 15 is 0 Å².